The number of furan rings is 1. The molecular formula is C12H20N2O2. The van der Waals surface area contributed by atoms with Crippen LogP contribution in [0.1, 0.15) is 12.2 Å². The average molecular weight is 224 g/mol. The summed E-state index contributed by atoms with van der Waals surface area (Å²) >= 11 is 0. The zero-order valence-electron chi connectivity index (χ0n) is 9.65. The Morgan fingerprint density at radius 3 is 3.00 bits per heavy atom. The molecule has 0 bridgehead atoms. The molecule has 0 aromatic carbocycles. The molecule has 0 radical (unpaired) electrons. The molecule has 0 amide bonds. The fourth-order valence-electron chi connectivity index (χ4n) is 1.89. The van der Waals surface area contributed by atoms with Gasteiger partial charge in [-0.05, 0) is 18.6 Å². The molecule has 90 valence electrons. The quantitative estimate of drug-likeness (QED) is 0.734. The fourth-order valence-corrected chi connectivity index (χ4v) is 1.89. The molecule has 1 aliphatic heterocycles. The summed E-state index contributed by atoms with van der Waals surface area (Å²) in [6.07, 6.45) is 2.78. The average Bonchev–Trinajstić information content (AvgIpc) is 2.83. The molecule has 1 aliphatic rings. The number of nitrogens with zero attached hydrogens (tertiary/aromatic N) is 1. The number of hydrogen-bond donors (Lipinski definition) is 1. The number of ether oxygens (including phenoxy) is 1. The molecule has 1 saturated heterocycles. The lowest BCUT2D eigenvalue weighted by Crippen LogP contribution is -2.43. The lowest BCUT2D eigenvalue weighted by Gasteiger charge is -2.26. The minimum absolute atomic E-state index is 0.592. The Hall–Kier alpha value is -0.840. The van der Waals surface area contributed by atoms with Gasteiger partial charge in [-0.2, -0.15) is 0 Å². The Labute approximate surface area is 96.6 Å². The van der Waals surface area contributed by atoms with Crippen molar-refractivity contribution in [1.29, 1.82) is 0 Å². The highest BCUT2D eigenvalue weighted by Crippen LogP contribution is 2.02. The second kappa shape index (κ2) is 6.68. The maximum Gasteiger partial charge on any atom is 0.129 e. The molecule has 1 aromatic rings. The Morgan fingerprint density at radius 1 is 1.38 bits per heavy atom. The summed E-state index contributed by atoms with van der Waals surface area (Å²) in [4.78, 5) is 2.48. The van der Waals surface area contributed by atoms with Gasteiger partial charge in [-0.15, -0.1) is 0 Å². The Morgan fingerprint density at radius 2 is 2.25 bits per heavy atom. The first kappa shape index (κ1) is 11.6. The van der Waals surface area contributed by atoms with Crippen LogP contribution in [0.15, 0.2) is 22.8 Å². The molecule has 0 spiro atoms. The summed E-state index contributed by atoms with van der Waals surface area (Å²) in [5, 5.41) is 3.35. The third-order valence-corrected chi connectivity index (χ3v) is 2.80. The summed E-state index contributed by atoms with van der Waals surface area (Å²) in [6.45, 7) is 7.11. The lowest BCUT2D eigenvalue weighted by molar-refractivity contribution is 0.0941. The van der Waals surface area contributed by atoms with Gasteiger partial charge < -0.3 is 19.4 Å². The van der Waals surface area contributed by atoms with Crippen LogP contribution in [0.2, 0.25) is 0 Å². The van der Waals surface area contributed by atoms with E-state index in [0.717, 1.165) is 51.5 Å². The monoisotopic (exact) mass is 224 g/mol. The van der Waals surface area contributed by atoms with Crippen molar-refractivity contribution < 1.29 is 9.15 Å². The van der Waals surface area contributed by atoms with Crippen molar-refractivity contribution in [2.75, 3.05) is 39.3 Å². The smallest absolute Gasteiger partial charge is 0.129 e. The van der Waals surface area contributed by atoms with Crippen LogP contribution in [0.5, 0.6) is 0 Å². The SMILES string of the molecule is c1coc(COCCCN2CCNCC2)c1. The summed E-state index contributed by atoms with van der Waals surface area (Å²) in [5.74, 6) is 0.905. The summed E-state index contributed by atoms with van der Waals surface area (Å²) in [5.41, 5.74) is 0. The minimum atomic E-state index is 0.592. The van der Waals surface area contributed by atoms with E-state index in [2.05, 4.69) is 10.2 Å². The number of rotatable bonds is 6. The van der Waals surface area contributed by atoms with Crippen LogP contribution in [0, 0.1) is 0 Å². The molecule has 16 heavy (non-hydrogen) atoms. The second-order valence-electron chi connectivity index (χ2n) is 4.08. The van der Waals surface area contributed by atoms with Gasteiger partial charge in [0.1, 0.15) is 12.4 Å². The Kier molecular flexibility index (Phi) is 4.86. The van der Waals surface area contributed by atoms with Gasteiger partial charge in [-0.3, -0.25) is 0 Å². The molecule has 0 saturated carbocycles. The second-order valence-corrected chi connectivity index (χ2v) is 4.08. The van der Waals surface area contributed by atoms with E-state index in [1.807, 2.05) is 12.1 Å². The van der Waals surface area contributed by atoms with Gasteiger partial charge in [-0.25, -0.2) is 0 Å². The van der Waals surface area contributed by atoms with Crippen LogP contribution in [-0.2, 0) is 11.3 Å². The van der Waals surface area contributed by atoms with Crippen molar-refractivity contribution in [1.82, 2.24) is 10.2 Å². The third kappa shape index (κ3) is 3.96. The lowest BCUT2D eigenvalue weighted by atomic mass is 10.3. The Balaban J connectivity index is 1.48. The number of piperazine rings is 1. The highest BCUT2D eigenvalue weighted by molar-refractivity contribution is 4.95. The van der Waals surface area contributed by atoms with E-state index in [9.17, 15) is 0 Å². The van der Waals surface area contributed by atoms with Crippen LogP contribution in [-0.4, -0.2) is 44.2 Å². The van der Waals surface area contributed by atoms with Crippen molar-refractivity contribution >= 4 is 0 Å². The fraction of sp³-hybridized carbons (Fsp3) is 0.667. The first-order chi connectivity index (χ1) is 7.95. The first-order valence-corrected chi connectivity index (χ1v) is 5.98. The van der Waals surface area contributed by atoms with Crippen molar-refractivity contribution in [3.63, 3.8) is 0 Å². The van der Waals surface area contributed by atoms with E-state index >= 15 is 0 Å². The van der Waals surface area contributed by atoms with E-state index in [1.165, 1.54) is 0 Å². The molecule has 2 heterocycles. The maximum absolute atomic E-state index is 5.53. The molecule has 4 heteroatoms. The summed E-state index contributed by atoms with van der Waals surface area (Å²) < 4.78 is 10.7. The standard InChI is InChI=1S/C12H20N2O2/c1-3-12(16-10-1)11-15-9-2-6-14-7-4-13-5-8-14/h1,3,10,13H,2,4-9,11H2. The van der Waals surface area contributed by atoms with Crippen molar-refractivity contribution in [2.24, 2.45) is 0 Å². The topological polar surface area (TPSA) is 37.6 Å². The van der Waals surface area contributed by atoms with Crippen molar-refractivity contribution in [3.8, 4) is 0 Å². The van der Waals surface area contributed by atoms with E-state index in [-0.39, 0.29) is 0 Å². The Bertz CT molecular complexity index is 269. The summed E-state index contributed by atoms with van der Waals surface area (Å²) in [6, 6.07) is 3.83. The molecule has 0 atom stereocenters. The van der Waals surface area contributed by atoms with Gasteiger partial charge in [0.2, 0.25) is 0 Å². The van der Waals surface area contributed by atoms with Crippen LogP contribution in [0.3, 0.4) is 0 Å². The minimum Gasteiger partial charge on any atom is -0.467 e. The zero-order chi connectivity index (χ0) is 11.1. The molecule has 1 fully saturated rings. The van der Waals surface area contributed by atoms with Crippen LogP contribution in [0.4, 0.5) is 0 Å². The normalized spacial score (nSPS) is 17.8. The van der Waals surface area contributed by atoms with Gasteiger partial charge >= 0.3 is 0 Å². The highest BCUT2D eigenvalue weighted by Gasteiger charge is 2.08. The molecule has 1 N–H and O–H groups in total. The molecule has 0 unspecified atom stereocenters. The van der Waals surface area contributed by atoms with Gasteiger partial charge in [0.25, 0.3) is 0 Å². The van der Waals surface area contributed by atoms with E-state index in [1.54, 1.807) is 6.26 Å². The van der Waals surface area contributed by atoms with Gasteiger partial charge in [-0.1, -0.05) is 0 Å². The molecular weight excluding hydrogens is 204 g/mol. The highest BCUT2D eigenvalue weighted by atomic mass is 16.5. The zero-order valence-corrected chi connectivity index (χ0v) is 9.65. The van der Waals surface area contributed by atoms with Crippen molar-refractivity contribution in [3.05, 3.63) is 24.2 Å². The largest absolute Gasteiger partial charge is 0.467 e. The van der Waals surface area contributed by atoms with E-state index < -0.39 is 0 Å². The predicted octanol–water partition coefficient (Wildman–Crippen LogP) is 1.09. The number of nitrogens with one attached hydrogen (secondary N) is 1. The first-order valence-electron chi connectivity index (χ1n) is 5.98. The van der Waals surface area contributed by atoms with Crippen LogP contribution in [0.25, 0.3) is 0 Å². The third-order valence-electron chi connectivity index (χ3n) is 2.80. The van der Waals surface area contributed by atoms with E-state index in [4.69, 9.17) is 9.15 Å². The molecule has 4 nitrogen and oxygen atoms in total. The van der Waals surface area contributed by atoms with Crippen molar-refractivity contribution in [2.45, 2.75) is 13.0 Å². The maximum atomic E-state index is 5.53. The van der Waals surface area contributed by atoms with Crippen LogP contribution >= 0.6 is 0 Å². The van der Waals surface area contributed by atoms with E-state index in [0.29, 0.717) is 6.61 Å². The van der Waals surface area contributed by atoms with Gasteiger partial charge in [0.05, 0.1) is 6.26 Å². The van der Waals surface area contributed by atoms with Gasteiger partial charge in [0, 0.05) is 39.3 Å². The van der Waals surface area contributed by atoms with Gasteiger partial charge in [0.15, 0.2) is 0 Å². The summed E-state index contributed by atoms with van der Waals surface area (Å²) in [7, 11) is 0. The molecule has 1 aromatic heterocycles. The predicted molar refractivity (Wildman–Crippen MR) is 62.3 cm³/mol. The molecule has 2 rings (SSSR count). The van der Waals surface area contributed by atoms with Crippen LogP contribution < -0.4 is 5.32 Å². The number of hydrogen-bond acceptors (Lipinski definition) is 4. The molecule has 0 aliphatic carbocycles.